The largest absolute Gasteiger partial charge is 0.350 e. The van der Waals surface area contributed by atoms with Crippen LogP contribution in [0.5, 0.6) is 0 Å². The SMILES string of the molecule is Cn1nccc1CNC(=O)C1CC1c1cc(Cl)cc(Cl)c1. The van der Waals surface area contributed by atoms with Crippen molar-refractivity contribution in [3.05, 3.63) is 51.8 Å². The molecule has 1 amide bonds. The van der Waals surface area contributed by atoms with E-state index in [1.807, 2.05) is 25.2 Å². The Balaban J connectivity index is 1.59. The third-order valence-corrected chi connectivity index (χ3v) is 4.24. The van der Waals surface area contributed by atoms with Gasteiger partial charge in [0.15, 0.2) is 0 Å². The maximum absolute atomic E-state index is 12.2. The molecule has 1 N–H and O–H groups in total. The lowest BCUT2D eigenvalue weighted by atomic mass is 10.1. The minimum absolute atomic E-state index is 0.00719. The van der Waals surface area contributed by atoms with Crippen molar-refractivity contribution >= 4 is 29.1 Å². The zero-order valence-electron chi connectivity index (χ0n) is 11.5. The summed E-state index contributed by atoms with van der Waals surface area (Å²) in [7, 11) is 1.86. The maximum Gasteiger partial charge on any atom is 0.224 e. The molecular weight excluding hydrogens is 309 g/mol. The Kier molecular flexibility index (Phi) is 3.91. The Labute approximate surface area is 133 Å². The molecule has 110 valence electrons. The summed E-state index contributed by atoms with van der Waals surface area (Å²) in [5.41, 5.74) is 2.01. The lowest BCUT2D eigenvalue weighted by molar-refractivity contribution is -0.122. The third-order valence-electron chi connectivity index (χ3n) is 3.81. The minimum atomic E-state index is 0.00719. The summed E-state index contributed by atoms with van der Waals surface area (Å²) in [6.45, 7) is 0.495. The van der Waals surface area contributed by atoms with Gasteiger partial charge in [0, 0.05) is 29.2 Å². The van der Waals surface area contributed by atoms with E-state index in [1.165, 1.54) is 0 Å². The Morgan fingerprint density at radius 1 is 1.38 bits per heavy atom. The van der Waals surface area contributed by atoms with Crippen molar-refractivity contribution in [3.8, 4) is 0 Å². The van der Waals surface area contributed by atoms with Crippen LogP contribution in [0.15, 0.2) is 30.5 Å². The van der Waals surface area contributed by atoms with Crippen molar-refractivity contribution in [2.24, 2.45) is 13.0 Å². The van der Waals surface area contributed by atoms with Crippen LogP contribution in [0.4, 0.5) is 0 Å². The molecule has 0 bridgehead atoms. The molecule has 1 fully saturated rings. The Morgan fingerprint density at radius 2 is 2.10 bits per heavy atom. The second-order valence-electron chi connectivity index (χ2n) is 5.32. The summed E-state index contributed by atoms with van der Waals surface area (Å²) in [6.07, 6.45) is 2.56. The molecule has 0 radical (unpaired) electrons. The van der Waals surface area contributed by atoms with Crippen LogP contribution in [0.3, 0.4) is 0 Å². The molecule has 2 aromatic rings. The van der Waals surface area contributed by atoms with Crippen molar-refractivity contribution in [1.82, 2.24) is 15.1 Å². The summed E-state index contributed by atoms with van der Waals surface area (Å²) in [5, 5.41) is 8.24. The number of aromatic nitrogens is 2. The van der Waals surface area contributed by atoms with Gasteiger partial charge < -0.3 is 5.32 Å². The molecule has 0 saturated heterocycles. The molecule has 2 unspecified atom stereocenters. The highest BCUT2D eigenvalue weighted by atomic mass is 35.5. The molecule has 1 saturated carbocycles. The molecule has 21 heavy (non-hydrogen) atoms. The average molecular weight is 324 g/mol. The highest BCUT2D eigenvalue weighted by molar-refractivity contribution is 6.34. The fraction of sp³-hybridized carbons (Fsp3) is 0.333. The van der Waals surface area contributed by atoms with Crippen LogP contribution in [0.2, 0.25) is 10.0 Å². The molecule has 1 aliphatic carbocycles. The van der Waals surface area contributed by atoms with Crippen molar-refractivity contribution < 1.29 is 4.79 Å². The Hall–Kier alpha value is -1.52. The molecule has 6 heteroatoms. The summed E-state index contributed by atoms with van der Waals surface area (Å²) in [4.78, 5) is 12.2. The van der Waals surface area contributed by atoms with Crippen LogP contribution >= 0.6 is 23.2 Å². The van der Waals surface area contributed by atoms with E-state index in [1.54, 1.807) is 16.9 Å². The van der Waals surface area contributed by atoms with Crippen molar-refractivity contribution in [3.63, 3.8) is 0 Å². The number of halogens is 2. The predicted octanol–water partition coefficient (Wildman–Crippen LogP) is 3.15. The zero-order valence-corrected chi connectivity index (χ0v) is 13.0. The van der Waals surface area contributed by atoms with Gasteiger partial charge in [-0.15, -0.1) is 0 Å². The summed E-state index contributed by atoms with van der Waals surface area (Å²) in [6, 6.07) is 7.35. The van der Waals surface area contributed by atoms with Gasteiger partial charge in [0.05, 0.1) is 12.2 Å². The molecular formula is C15H15Cl2N3O. The molecule has 1 heterocycles. The lowest BCUT2D eigenvalue weighted by Crippen LogP contribution is -2.25. The van der Waals surface area contributed by atoms with E-state index in [-0.39, 0.29) is 17.7 Å². The number of carbonyl (C=O) groups is 1. The topological polar surface area (TPSA) is 46.9 Å². The van der Waals surface area contributed by atoms with Crippen LogP contribution in [0.25, 0.3) is 0 Å². The second-order valence-corrected chi connectivity index (χ2v) is 6.19. The van der Waals surface area contributed by atoms with Gasteiger partial charge >= 0.3 is 0 Å². The number of hydrogen-bond donors (Lipinski definition) is 1. The number of rotatable bonds is 4. The summed E-state index contributed by atoms with van der Waals surface area (Å²) >= 11 is 12.0. The molecule has 3 rings (SSSR count). The fourth-order valence-electron chi connectivity index (χ4n) is 2.53. The van der Waals surface area contributed by atoms with Crippen LogP contribution in [-0.4, -0.2) is 15.7 Å². The van der Waals surface area contributed by atoms with Crippen molar-refractivity contribution in [1.29, 1.82) is 0 Å². The maximum atomic E-state index is 12.2. The van der Waals surface area contributed by atoms with Crippen LogP contribution in [-0.2, 0) is 18.4 Å². The molecule has 1 aliphatic rings. The van der Waals surface area contributed by atoms with Gasteiger partial charge in [0.2, 0.25) is 5.91 Å². The molecule has 0 spiro atoms. The minimum Gasteiger partial charge on any atom is -0.350 e. The van der Waals surface area contributed by atoms with Gasteiger partial charge in [-0.05, 0) is 42.2 Å². The second kappa shape index (κ2) is 5.70. The first-order valence-electron chi connectivity index (χ1n) is 6.75. The van der Waals surface area contributed by atoms with Gasteiger partial charge in [-0.1, -0.05) is 23.2 Å². The molecule has 1 aromatic heterocycles. The van der Waals surface area contributed by atoms with Crippen molar-refractivity contribution in [2.75, 3.05) is 0 Å². The predicted molar refractivity (Wildman–Crippen MR) is 82.4 cm³/mol. The lowest BCUT2D eigenvalue weighted by Gasteiger charge is -2.06. The number of carbonyl (C=O) groups excluding carboxylic acids is 1. The first-order chi connectivity index (χ1) is 10.0. The van der Waals surface area contributed by atoms with Crippen LogP contribution in [0, 0.1) is 5.92 Å². The Bertz CT molecular complexity index is 663. The van der Waals surface area contributed by atoms with E-state index in [0.717, 1.165) is 17.7 Å². The standard InChI is InChI=1S/C15H15Cl2N3O/c1-20-12(2-3-19-20)8-18-15(21)14-7-13(14)9-4-10(16)6-11(17)5-9/h2-6,13-14H,7-8H2,1H3,(H,18,21). The van der Waals surface area contributed by atoms with Gasteiger partial charge in [0.1, 0.15) is 0 Å². The van der Waals surface area contributed by atoms with Gasteiger partial charge in [-0.25, -0.2) is 0 Å². The van der Waals surface area contributed by atoms with Gasteiger partial charge in [-0.2, -0.15) is 5.10 Å². The first kappa shape index (κ1) is 14.4. The average Bonchev–Trinajstić information content (AvgIpc) is 3.12. The zero-order chi connectivity index (χ0) is 15.0. The normalized spacial score (nSPS) is 20.3. The molecule has 1 aromatic carbocycles. The first-order valence-corrected chi connectivity index (χ1v) is 7.51. The number of nitrogens with zero attached hydrogens (tertiary/aromatic N) is 2. The van der Waals surface area contributed by atoms with Crippen LogP contribution in [0.1, 0.15) is 23.6 Å². The fourth-order valence-corrected chi connectivity index (χ4v) is 3.07. The molecule has 0 aliphatic heterocycles. The molecule has 2 atom stereocenters. The summed E-state index contributed by atoms with van der Waals surface area (Å²) < 4.78 is 1.75. The van der Waals surface area contributed by atoms with E-state index < -0.39 is 0 Å². The third kappa shape index (κ3) is 3.22. The number of aryl methyl sites for hydroxylation is 1. The van der Waals surface area contributed by atoms with E-state index in [2.05, 4.69) is 10.4 Å². The number of benzene rings is 1. The number of hydrogen-bond acceptors (Lipinski definition) is 2. The van der Waals surface area contributed by atoms with Crippen molar-refractivity contribution in [2.45, 2.75) is 18.9 Å². The van der Waals surface area contributed by atoms with Gasteiger partial charge in [0.25, 0.3) is 0 Å². The van der Waals surface area contributed by atoms with E-state index in [9.17, 15) is 4.79 Å². The number of nitrogens with one attached hydrogen (secondary N) is 1. The van der Waals surface area contributed by atoms with Gasteiger partial charge in [-0.3, -0.25) is 9.48 Å². The van der Waals surface area contributed by atoms with Crippen LogP contribution < -0.4 is 5.32 Å². The number of amides is 1. The monoisotopic (exact) mass is 323 g/mol. The Morgan fingerprint density at radius 3 is 2.71 bits per heavy atom. The highest BCUT2D eigenvalue weighted by Crippen LogP contribution is 2.48. The van der Waals surface area contributed by atoms with E-state index in [0.29, 0.717) is 16.6 Å². The molecule has 4 nitrogen and oxygen atoms in total. The highest BCUT2D eigenvalue weighted by Gasteiger charge is 2.44. The quantitative estimate of drug-likeness (QED) is 0.939. The van der Waals surface area contributed by atoms with E-state index in [4.69, 9.17) is 23.2 Å². The summed E-state index contributed by atoms with van der Waals surface area (Å²) in [5.74, 6) is 0.290. The van der Waals surface area contributed by atoms with E-state index >= 15 is 0 Å². The smallest absolute Gasteiger partial charge is 0.224 e.